The second kappa shape index (κ2) is 8.23. The van der Waals surface area contributed by atoms with Crippen LogP contribution in [0.15, 0.2) is 36.4 Å². The molecule has 1 aromatic heterocycles. The minimum Gasteiger partial charge on any atom is -0.366 e. The van der Waals surface area contributed by atoms with E-state index < -0.39 is 0 Å². The highest BCUT2D eigenvalue weighted by Gasteiger charge is 2.21. The van der Waals surface area contributed by atoms with Gasteiger partial charge in [0, 0.05) is 38.8 Å². The van der Waals surface area contributed by atoms with Crippen LogP contribution in [0.1, 0.15) is 12.8 Å². The number of hydrogen-bond donors (Lipinski definition) is 1. The zero-order chi connectivity index (χ0) is 18.5. The number of nitrogens with zero attached hydrogens (tertiary/aromatic N) is 4. The first-order valence-electron chi connectivity index (χ1n) is 8.80. The Bertz CT molecular complexity index is 725. The molecule has 138 valence electrons. The van der Waals surface area contributed by atoms with Gasteiger partial charge in [0.15, 0.2) is 0 Å². The Balaban J connectivity index is 1.51. The summed E-state index contributed by atoms with van der Waals surface area (Å²) in [6, 6.07) is 10.3. The van der Waals surface area contributed by atoms with Gasteiger partial charge in [-0.25, -0.2) is 4.39 Å². The van der Waals surface area contributed by atoms with Crippen molar-refractivity contribution in [3.05, 3.63) is 42.2 Å². The molecule has 26 heavy (non-hydrogen) atoms. The van der Waals surface area contributed by atoms with E-state index >= 15 is 0 Å². The lowest BCUT2D eigenvalue weighted by atomic mass is 10.0. The number of anilines is 1. The Morgan fingerprint density at radius 2 is 1.85 bits per heavy atom. The molecule has 1 aromatic carbocycles. The fourth-order valence-electron chi connectivity index (χ4n) is 2.96. The van der Waals surface area contributed by atoms with E-state index in [4.69, 9.17) is 0 Å². The molecule has 0 unspecified atom stereocenters. The van der Waals surface area contributed by atoms with Crippen LogP contribution < -0.4 is 5.32 Å². The van der Waals surface area contributed by atoms with Gasteiger partial charge < -0.3 is 10.2 Å². The fourth-order valence-corrected chi connectivity index (χ4v) is 2.96. The summed E-state index contributed by atoms with van der Waals surface area (Å²) in [5.74, 6) is 0.607. The van der Waals surface area contributed by atoms with Crippen molar-refractivity contribution in [2.24, 2.45) is 0 Å². The number of carbonyl (C=O) groups excluding carboxylic acids is 1. The fraction of sp³-hybridized carbons (Fsp3) is 0.421. The van der Waals surface area contributed by atoms with Crippen molar-refractivity contribution in [1.29, 1.82) is 0 Å². The molecule has 1 aliphatic rings. The molecular weight excluding hydrogens is 333 g/mol. The zero-order valence-corrected chi connectivity index (χ0v) is 15.2. The van der Waals surface area contributed by atoms with Crippen molar-refractivity contribution in [3.63, 3.8) is 0 Å². The average molecular weight is 357 g/mol. The van der Waals surface area contributed by atoms with Crippen LogP contribution in [0.3, 0.4) is 0 Å². The normalized spacial score (nSPS) is 15.7. The third kappa shape index (κ3) is 4.76. The van der Waals surface area contributed by atoms with Crippen LogP contribution in [0, 0.1) is 5.82 Å². The highest BCUT2D eigenvalue weighted by molar-refractivity contribution is 5.77. The van der Waals surface area contributed by atoms with E-state index in [9.17, 15) is 9.18 Å². The first-order valence-corrected chi connectivity index (χ1v) is 8.80. The van der Waals surface area contributed by atoms with E-state index in [2.05, 4.69) is 20.4 Å². The molecule has 3 rings (SSSR count). The van der Waals surface area contributed by atoms with Gasteiger partial charge in [-0.2, -0.15) is 0 Å². The van der Waals surface area contributed by atoms with E-state index in [0.717, 1.165) is 37.3 Å². The summed E-state index contributed by atoms with van der Waals surface area (Å²) in [6.45, 7) is 2.25. The maximum atomic E-state index is 13.0. The van der Waals surface area contributed by atoms with Crippen LogP contribution in [0.4, 0.5) is 10.2 Å². The molecule has 1 aliphatic heterocycles. The Morgan fingerprint density at radius 1 is 1.15 bits per heavy atom. The minimum absolute atomic E-state index is 0.138. The molecular formula is C19H24FN5O. The molecule has 2 aromatic rings. The zero-order valence-electron chi connectivity index (χ0n) is 15.2. The van der Waals surface area contributed by atoms with Crippen molar-refractivity contribution >= 4 is 11.7 Å². The molecule has 0 spiro atoms. The van der Waals surface area contributed by atoms with E-state index in [1.54, 1.807) is 31.1 Å². The molecule has 1 saturated heterocycles. The summed E-state index contributed by atoms with van der Waals surface area (Å²) >= 11 is 0. The van der Waals surface area contributed by atoms with Gasteiger partial charge in [0.05, 0.1) is 12.2 Å². The lowest BCUT2D eigenvalue weighted by Gasteiger charge is -2.32. The number of aromatic nitrogens is 2. The van der Waals surface area contributed by atoms with Gasteiger partial charge in [0.25, 0.3) is 0 Å². The van der Waals surface area contributed by atoms with Crippen molar-refractivity contribution in [1.82, 2.24) is 20.0 Å². The Hall–Kier alpha value is -2.54. The number of hydrogen-bond acceptors (Lipinski definition) is 5. The van der Waals surface area contributed by atoms with Gasteiger partial charge in [0.2, 0.25) is 5.91 Å². The maximum absolute atomic E-state index is 13.0. The summed E-state index contributed by atoms with van der Waals surface area (Å²) in [5.41, 5.74) is 1.55. The molecule has 2 heterocycles. The molecule has 1 fully saturated rings. The predicted octanol–water partition coefficient (Wildman–Crippen LogP) is 2.25. The summed E-state index contributed by atoms with van der Waals surface area (Å²) in [5, 5.41) is 11.9. The highest BCUT2D eigenvalue weighted by atomic mass is 19.1. The second-order valence-electron chi connectivity index (χ2n) is 6.79. The SMILES string of the molecule is CN(C)C(=O)CN1CCC(Nc2ccc(-c3ccc(F)cc3)nn2)CC1. The number of likely N-dealkylation sites (tertiary alicyclic amines) is 1. The molecule has 7 heteroatoms. The number of likely N-dealkylation sites (N-methyl/N-ethyl adjacent to an activating group) is 1. The first kappa shape index (κ1) is 18.3. The summed E-state index contributed by atoms with van der Waals surface area (Å²) in [7, 11) is 3.57. The summed E-state index contributed by atoms with van der Waals surface area (Å²) < 4.78 is 13.0. The first-order chi connectivity index (χ1) is 12.5. The van der Waals surface area contributed by atoms with Crippen LogP contribution >= 0.6 is 0 Å². The van der Waals surface area contributed by atoms with Crippen molar-refractivity contribution < 1.29 is 9.18 Å². The molecule has 6 nitrogen and oxygen atoms in total. The van der Waals surface area contributed by atoms with Gasteiger partial charge in [0.1, 0.15) is 11.6 Å². The summed E-state index contributed by atoms with van der Waals surface area (Å²) in [4.78, 5) is 15.6. The van der Waals surface area contributed by atoms with Crippen molar-refractivity contribution in [3.8, 4) is 11.3 Å². The van der Waals surface area contributed by atoms with E-state index in [1.807, 2.05) is 12.1 Å². The van der Waals surface area contributed by atoms with Gasteiger partial charge in [-0.05, 0) is 49.2 Å². The van der Waals surface area contributed by atoms with Crippen LogP contribution in [0.2, 0.25) is 0 Å². The number of carbonyl (C=O) groups is 1. The van der Waals surface area contributed by atoms with E-state index in [0.29, 0.717) is 18.3 Å². The number of amides is 1. The van der Waals surface area contributed by atoms with Crippen LogP contribution in [0.25, 0.3) is 11.3 Å². The number of halogens is 1. The smallest absolute Gasteiger partial charge is 0.236 e. The van der Waals surface area contributed by atoms with Gasteiger partial charge in [-0.3, -0.25) is 9.69 Å². The van der Waals surface area contributed by atoms with Crippen LogP contribution in [-0.2, 0) is 4.79 Å². The van der Waals surface area contributed by atoms with Gasteiger partial charge in [-0.1, -0.05) is 0 Å². The van der Waals surface area contributed by atoms with E-state index in [1.165, 1.54) is 12.1 Å². The average Bonchev–Trinajstić information content (AvgIpc) is 2.64. The Labute approximate surface area is 153 Å². The molecule has 0 aliphatic carbocycles. The maximum Gasteiger partial charge on any atom is 0.236 e. The van der Waals surface area contributed by atoms with Gasteiger partial charge in [-0.15, -0.1) is 10.2 Å². The molecule has 1 N–H and O–H groups in total. The Kier molecular flexibility index (Phi) is 5.78. The predicted molar refractivity (Wildman–Crippen MR) is 99.2 cm³/mol. The third-order valence-electron chi connectivity index (χ3n) is 4.60. The highest BCUT2D eigenvalue weighted by Crippen LogP contribution is 2.19. The topological polar surface area (TPSA) is 61.4 Å². The number of benzene rings is 1. The molecule has 0 bridgehead atoms. The lowest BCUT2D eigenvalue weighted by Crippen LogP contribution is -2.44. The Morgan fingerprint density at radius 3 is 2.42 bits per heavy atom. The molecule has 0 radical (unpaired) electrons. The number of piperidine rings is 1. The summed E-state index contributed by atoms with van der Waals surface area (Å²) in [6.07, 6.45) is 1.92. The van der Waals surface area contributed by atoms with Crippen molar-refractivity contribution in [2.45, 2.75) is 18.9 Å². The van der Waals surface area contributed by atoms with Gasteiger partial charge >= 0.3 is 0 Å². The number of rotatable bonds is 5. The van der Waals surface area contributed by atoms with E-state index in [-0.39, 0.29) is 11.7 Å². The second-order valence-corrected chi connectivity index (χ2v) is 6.79. The monoisotopic (exact) mass is 357 g/mol. The standard InChI is InChI=1S/C19H24FN5O/c1-24(2)19(26)13-25-11-9-16(10-12-25)21-18-8-7-17(22-23-18)14-3-5-15(20)6-4-14/h3-8,16H,9-13H2,1-2H3,(H,21,23). The van der Waals surface area contributed by atoms with Crippen LogP contribution in [0.5, 0.6) is 0 Å². The molecule has 0 saturated carbocycles. The molecule has 0 atom stereocenters. The lowest BCUT2D eigenvalue weighted by molar-refractivity contribution is -0.130. The largest absolute Gasteiger partial charge is 0.366 e. The van der Waals surface area contributed by atoms with Crippen LogP contribution in [-0.4, -0.2) is 65.7 Å². The minimum atomic E-state index is -0.265. The molecule has 1 amide bonds. The number of nitrogens with one attached hydrogen (secondary N) is 1. The van der Waals surface area contributed by atoms with Crippen molar-refractivity contribution in [2.75, 3.05) is 39.0 Å². The quantitative estimate of drug-likeness (QED) is 0.889. The third-order valence-corrected chi connectivity index (χ3v) is 4.60.